The normalized spacial score (nSPS) is 11.6. The van der Waals surface area contributed by atoms with E-state index in [4.69, 9.17) is 9.47 Å². The molecule has 30 heavy (non-hydrogen) atoms. The first kappa shape index (κ1) is 21.2. The van der Waals surface area contributed by atoms with E-state index in [1.807, 2.05) is 61.5 Å². The molecular formula is C22H25N5O3. The van der Waals surface area contributed by atoms with Gasteiger partial charge in [-0.1, -0.05) is 30.3 Å². The number of carbonyl (C=O) groups is 1. The molecule has 8 nitrogen and oxygen atoms in total. The molecule has 8 heteroatoms. The van der Waals surface area contributed by atoms with Gasteiger partial charge in [0.15, 0.2) is 0 Å². The van der Waals surface area contributed by atoms with E-state index in [2.05, 4.69) is 25.6 Å². The molecule has 0 radical (unpaired) electrons. The van der Waals surface area contributed by atoms with Crippen LogP contribution in [0.2, 0.25) is 0 Å². The number of hydrogen-bond donors (Lipinski definition) is 2. The zero-order chi connectivity index (χ0) is 21.3. The van der Waals surface area contributed by atoms with Crippen molar-refractivity contribution >= 4 is 17.8 Å². The van der Waals surface area contributed by atoms with E-state index < -0.39 is 0 Å². The summed E-state index contributed by atoms with van der Waals surface area (Å²) in [6.07, 6.45) is 0. The van der Waals surface area contributed by atoms with Crippen molar-refractivity contribution in [3.05, 3.63) is 66.0 Å². The number of rotatable bonds is 9. The summed E-state index contributed by atoms with van der Waals surface area (Å²) in [5, 5.41) is 5.73. The molecule has 2 N–H and O–H groups in total. The van der Waals surface area contributed by atoms with Crippen LogP contribution in [0.1, 0.15) is 25.2 Å². The van der Waals surface area contributed by atoms with Crippen LogP contribution in [0, 0.1) is 6.92 Å². The second-order valence-electron chi connectivity index (χ2n) is 6.83. The van der Waals surface area contributed by atoms with E-state index >= 15 is 0 Å². The minimum absolute atomic E-state index is 0.0410. The highest BCUT2D eigenvalue weighted by molar-refractivity contribution is 5.86. The van der Waals surface area contributed by atoms with Gasteiger partial charge in [-0.25, -0.2) is 0 Å². The van der Waals surface area contributed by atoms with E-state index in [9.17, 15) is 4.79 Å². The van der Waals surface area contributed by atoms with Crippen molar-refractivity contribution in [2.45, 2.75) is 33.4 Å². The summed E-state index contributed by atoms with van der Waals surface area (Å²) in [7, 11) is 0. The highest BCUT2D eigenvalue weighted by Gasteiger charge is 2.09. The number of carbonyl (C=O) groups excluding carboxylic acids is 1. The van der Waals surface area contributed by atoms with E-state index in [-0.39, 0.29) is 17.9 Å². The van der Waals surface area contributed by atoms with Gasteiger partial charge in [-0.05, 0) is 43.7 Å². The predicted octanol–water partition coefficient (Wildman–Crippen LogP) is 3.95. The fourth-order valence-corrected chi connectivity index (χ4v) is 2.70. The maximum atomic E-state index is 11.2. The molecule has 1 amide bonds. The third-order valence-electron chi connectivity index (χ3n) is 3.92. The lowest BCUT2D eigenvalue weighted by molar-refractivity contribution is -0.114. The molecule has 2 aromatic carbocycles. The maximum Gasteiger partial charge on any atom is 0.234 e. The van der Waals surface area contributed by atoms with Crippen LogP contribution in [-0.4, -0.2) is 33.5 Å². The summed E-state index contributed by atoms with van der Waals surface area (Å²) in [6.45, 7) is 6.01. The number of amides is 1. The lowest BCUT2D eigenvalue weighted by Gasteiger charge is -2.15. The third kappa shape index (κ3) is 6.82. The van der Waals surface area contributed by atoms with Crippen LogP contribution in [0.5, 0.6) is 11.5 Å². The number of hydrogen-bond acceptors (Lipinski definition) is 7. The molecule has 3 rings (SSSR count). The van der Waals surface area contributed by atoms with Gasteiger partial charge in [-0.2, -0.15) is 15.0 Å². The van der Waals surface area contributed by atoms with Crippen LogP contribution >= 0.6 is 0 Å². The van der Waals surface area contributed by atoms with Crippen LogP contribution < -0.4 is 15.4 Å². The standard InChI is InChI=1S/C22H25N5O3/c1-15(23-21-24-16(2)25-22(27-21)26-17(3)28)13-29-14-18-8-7-11-20(12-18)30-19-9-5-4-6-10-19/h4-12,15H,13-14H2,1-3H3,(H2,23,24,25,26,27,28). The van der Waals surface area contributed by atoms with Crippen molar-refractivity contribution in [2.75, 3.05) is 17.2 Å². The second-order valence-corrected chi connectivity index (χ2v) is 6.83. The number of nitrogens with zero attached hydrogens (tertiary/aromatic N) is 3. The Hall–Kier alpha value is -3.52. The van der Waals surface area contributed by atoms with Crippen LogP contribution in [0.25, 0.3) is 0 Å². The van der Waals surface area contributed by atoms with Crippen molar-refractivity contribution in [1.29, 1.82) is 0 Å². The number of aryl methyl sites for hydroxylation is 1. The Labute approximate surface area is 175 Å². The minimum atomic E-state index is -0.235. The first-order valence-corrected chi connectivity index (χ1v) is 9.64. The van der Waals surface area contributed by atoms with Gasteiger partial charge in [0, 0.05) is 13.0 Å². The predicted molar refractivity (Wildman–Crippen MR) is 115 cm³/mol. The first-order chi connectivity index (χ1) is 14.5. The van der Waals surface area contributed by atoms with Crippen molar-refractivity contribution in [3.8, 4) is 11.5 Å². The van der Waals surface area contributed by atoms with Gasteiger partial charge in [0.2, 0.25) is 17.8 Å². The quantitative estimate of drug-likeness (QED) is 0.554. The smallest absolute Gasteiger partial charge is 0.234 e. The van der Waals surface area contributed by atoms with Crippen LogP contribution in [0.3, 0.4) is 0 Å². The summed E-state index contributed by atoms with van der Waals surface area (Å²) >= 11 is 0. The Kier molecular flexibility index (Phi) is 7.29. The van der Waals surface area contributed by atoms with Crippen LogP contribution in [-0.2, 0) is 16.1 Å². The van der Waals surface area contributed by atoms with Gasteiger partial charge in [0.25, 0.3) is 0 Å². The first-order valence-electron chi connectivity index (χ1n) is 9.64. The van der Waals surface area contributed by atoms with E-state index in [1.54, 1.807) is 6.92 Å². The molecular weight excluding hydrogens is 382 g/mol. The number of anilines is 2. The van der Waals surface area contributed by atoms with Crippen molar-refractivity contribution in [2.24, 2.45) is 0 Å². The topological polar surface area (TPSA) is 98.3 Å². The molecule has 0 aliphatic rings. The van der Waals surface area contributed by atoms with Gasteiger partial charge < -0.3 is 14.8 Å². The van der Waals surface area contributed by atoms with Crippen molar-refractivity contribution < 1.29 is 14.3 Å². The highest BCUT2D eigenvalue weighted by Crippen LogP contribution is 2.22. The summed E-state index contributed by atoms with van der Waals surface area (Å²) in [6, 6.07) is 17.4. The molecule has 156 valence electrons. The zero-order valence-corrected chi connectivity index (χ0v) is 17.3. The second kappa shape index (κ2) is 10.3. The molecule has 0 saturated carbocycles. The van der Waals surface area contributed by atoms with Gasteiger partial charge >= 0.3 is 0 Å². The Bertz CT molecular complexity index is 982. The molecule has 0 saturated heterocycles. The van der Waals surface area contributed by atoms with Gasteiger partial charge in [0.1, 0.15) is 17.3 Å². The molecule has 0 aliphatic heterocycles. The van der Waals surface area contributed by atoms with E-state index in [0.29, 0.717) is 25.0 Å². The fourth-order valence-electron chi connectivity index (χ4n) is 2.70. The van der Waals surface area contributed by atoms with Crippen LogP contribution in [0.15, 0.2) is 54.6 Å². The SMILES string of the molecule is CC(=O)Nc1nc(C)nc(NC(C)COCc2cccc(Oc3ccccc3)c2)n1. The molecule has 3 aromatic rings. The Morgan fingerprint density at radius 3 is 2.50 bits per heavy atom. The highest BCUT2D eigenvalue weighted by atomic mass is 16.5. The van der Waals surface area contributed by atoms with Crippen molar-refractivity contribution in [1.82, 2.24) is 15.0 Å². The van der Waals surface area contributed by atoms with Gasteiger partial charge in [0.05, 0.1) is 13.2 Å². The largest absolute Gasteiger partial charge is 0.457 e. The average Bonchev–Trinajstić information content (AvgIpc) is 2.68. The van der Waals surface area contributed by atoms with Crippen LogP contribution in [0.4, 0.5) is 11.9 Å². The lowest BCUT2D eigenvalue weighted by Crippen LogP contribution is -2.24. The number of benzene rings is 2. The summed E-state index contributed by atoms with van der Waals surface area (Å²) in [4.78, 5) is 23.7. The van der Waals surface area contributed by atoms with E-state index in [0.717, 1.165) is 17.1 Å². The molecule has 1 aromatic heterocycles. The number of nitrogens with one attached hydrogen (secondary N) is 2. The average molecular weight is 407 g/mol. The molecule has 1 unspecified atom stereocenters. The minimum Gasteiger partial charge on any atom is -0.457 e. The zero-order valence-electron chi connectivity index (χ0n) is 17.3. The number of para-hydroxylation sites is 1. The lowest BCUT2D eigenvalue weighted by atomic mass is 10.2. The maximum absolute atomic E-state index is 11.2. The number of ether oxygens (including phenoxy) is 2. The number of aromatic nitrogens is 3. The molecule has 0 fully saturated rings. The van der Waals surface area contributed by atoms with Gasteiger partial charge in [-0.15, -0.1) is 0 Å². The Morgan fingerprint density at radius 1 is 1.00 bits per heavy atom. The third-order valence-corrected chi connectivity index (χ3v) is 3.92. The van der Waals surface area contributed by atoms with E-state index in [1.165, 1.54) is 6.92 Å². The monoisotopic (exact) mass is 407 g/mol. The fraction of sp³-hybridized carbons (Fsp3) is 0.273. The van der Waals surface area contributed by atoms with Gasteiger partial charge in [-0.3, -0.25) is 10.1 Å². The molecule has 1 heterocycles. The summed E-state index contributed by atoms with van der Waals surface area (Å²) in [5.41, 5.74) is 1.01. The molecule has 1 atom stereocenters. The Balaban J connectivity index is 1.50. The Morgan fingerprint density at radius 2 is 1.73 bits per heavy atom. The molecule has 0 aliphatic carbocycles. The molecule has 0 spiro atoms. The summed E-state index contributed by atoms with van der Waals surface area (Å²) < 4.78 is 11.7. The molecule has 0 bridgehead atoms. The van der Waals surface area contributed by atoms with Crippen molar-refractivity contribution in [3.63, 3.8) is 0 Å². The summed E-state index contributed by atoms with van der Waals surface area (Å²) in [5.74, 6) is 2.45.